The number of carbonyl (C=O) groups is 1. The van der Waals surface area contributed by atoms with Gasteiger partial charge in [-0.15, -0.1) is 0 Å². The molecule has 0 aliphatic heterocycles. The van der Waals surface area contributed by atoms with Gasteiger partial charge in [-0.25, -0.2) is 0 Å². The van der Waals surface area contributed by atoms with E-state index in [4.69, 9.17) is 5.11 Å². The summed E-state index contributed by atoms with van der Waals surface area (Å²) in [6, 6.07) is -0.0418. The first-order valence-corrected chi connectivity index (χ1v) is 5.38. The Morgan fingerprint density at radius 2 is 1.79 bits per heavy atom. The Morgan fingerprint density at radius 3 is 2.00 bits per heavy atom. The van der Waals surface area contributed by atoms with Gasteiger partial charge >= 0.3 is 5.97 Å². The number of nitrogens with zero attached hydrogens (tertiary/aromatic N) is 1. The van der Waals surface area contributed by atoms with Crippen molar-refractivity contribution in [2.75, 3.05) is 6.54 Å². The third-order valence-corrected chi connectivity index (χ3v) is 2.41. The van der Waals surface area contributed by atoms with Gasteiger partial charge in [0.1, 0.15) is 6.04 Å². The van der Waals surface area contributed by atoms with Crippen LogP contribution in [0.15, 0.2) is 0 Å². The van der Waals surface area contributed by atoms with Gasteiger partial charge in [0.05, 0.1) is 0 Å². The topological polar surface area (TPSA) is 40.5 Å². The molecule has 0 aliphatic rings. The van der Waals surface area contributed by atoms with Gasteiger partial charge in [0.2, 0.25) is 0 Å². The SMILES string of the molecule is CCN(C(C)C)C(CC(C)C)C(=O)O. The number of likely N-dealkylation sites (N-methyl/N-ethyl adjacent to an activating group) is 1. The van der Waals surface area contributed by atoms with Gasteiger partial charge in [0.15, 0.2) is 0 Å². The fourth-order valence-electron chi connectivity index (χ4n) is 1.77. The highest BCUT2D eigenvalue weighted by molar-refractivity contribution is 5.73. The first-order valence-electron chi connectivity index (χ1n) is 5.38. The summed E-state index contributed by atoms with van der Waals surface area (Å²) in [5.74, 6) is -0.279. The second kappa shape index (κ2) is 6.02. The normalized spacial score (nSPS) is 14.0. The van der Waals surface area contributed by atoms with Gasteiger partial charge in [-0.3, -0.25) is 9.69 Å². The van der Waals surface area contributed by atoms with E-state index in [1.807, 2.05) is 25.7 Å². The van der Waals surface area contributed by atoms with Gasteiger partial charge in [-0.2, -0.15) is 0 Å². The maximum absolute atomic E-state index is 11.1. The molecule has 3 nitrogen and oxygen atoms in total. The molecule has 0 spiro atoms. The number of hydrogen-bond acceptors (Lipinski definition) is 2. The molecule has 1 N–H and O–H groups in total. The van der Waals surface area contributed by atoms with Crippen LogP contribution >= 0.6 is 0 Å². The molecule has 1 unspecified atom stereocenters. The lowest BCUT2D eigenvalue weighted by atomic mass is 10.0. The van der Waals surface area contributed by atoms with Gasteiger partial charge < -0.3 is 5.11 Å². The lowest BCUT2D eigenvalue weighted by Crippen LogP contribution is -2.45. The minimum Gasteiger partial charge on any atom is -0.480 e. The van der Waals surface area contributed by atoms with Crippen LogP contribution in [0.3, 0.4) is 0 Å². The number of aliphatic carboxylic acids is 1. The van der Waals surface area contributed by atoms with Crippen LogP contribution in [-0.2, 0) is 4.79 Å². The molecule has 0 aliphatic carbocycles. The van der Waals surface area contributed by atoms with Crippen LogP contribution in [0.25, 0.3) is 0 Å². The van der Waals surface area contributed by atoms with E-state index in [1.165, 1.54) is 0 Å². The predicted molar refractivity (Wildman–Crippen MR) is 58.4 cm³/mol. The van der Waals surface area contributed by atoms with Crippen molar-refractivity contribution in [2.45, 2.75) is 53.1 Å². The summed E-state index contributed by atoms with van der Waals surface area (Å²) >= 11 is 0. The molecular weight excluding hydrogens is 178 g/mol. The number of carboxylic acid groups (broad SMARTS) is 1. The fourth-order valence-corrected chi connectivity index (χ4v) is 1.77. The number of rotatable bonds is 6. The Hall–Kier alpha value is -0.570. The van der Waals surface area contributed by atoms with Crippen LogP contribution in [0.5, 0.6) is 0 Å². The average molecular weight is 201 g/mol. The molecule has 0 aromatic carbocycles. The van der Waals surface area contributed by atoms with Crippen LogP contribution in [0.2, 0.25) is 0 Å². The maximum atomic E-state index is 11.1. The van der Waals surface area contributed by atoms with Crippen molar-refractivity contribution in [3.05, 3.63) is 0 Å². The zero-order chi connectivity index (χ0) is 11.3. The maximum Gasteiger partial charge on any atom is 0.320 e. The zero-order valence-corrected chi connectivity index (χ0v) is 9.95. The van der Waals surface area contributed by atoms with E-state index in [-0.39, 0.29) is 6.04 Å². The first kappa shape index (κ1) is 13.4. The summed E-state index contributed by atoms with van der Waals surface area (Å²) in [5, 5.41) is 9.13. The van der Waals surface area contributed by atoms with Crippen molar-refractivity contribution in [3.63, 3.8) is 0 Å². The van der Waals surface area contributed by atoms with Crippen molar-refractivity contribution in [3.8, 4) is 0 Å². The Bertz CT molecular complexity index is 178. The molecule has 1 atom stereocenters. The van der Waals surface area contributed by atoms with Crippen LogP contribution in [0.1, 0.15) is 41.0 Å². The summed E-state index contributed by atoms with van der Waals surface area (Å²) in [4.78, 5) is 13.1. The standard InChI is InChI=1S/C11H23NO2/c1-6-12(9(4)5)10(11(13)14)7-8(2)3/h8-10H,6-7H2,1-5H3,(H,13,14). The molecule has 3 heteroatoms. The lowest BCUT2D eigenvalue weighted by molar-refractivity contribution is -0.144. The van der Waals surface area contributed by atoms with E-state index in [0.717, 1.165) is 13.0 Å². The highest BCUT2D eigenvalue weighted by atomic mass is 16.4. The Morgan fingerprint density at radius 1 is 1.29 bits per heavy atom. The van der Waals surface area contributed by atoms with Gasteiger partial charge in [0.25, 0.3) is 0 Å². The Kier molecular flexibility index (Phi) is 5.77. The van der Waals surface area contributed by atoms with Crippen molar-refractivity contribution < 1.29 is 9.90 Å². The van der Waals surface area contributed by atoms with Crippen molar-refractivity contribution in [2.24, 2.45) is 5.92 Å². The van der Waals surface area contributed by atoms with Crippen molar-refractivity contribution >= 4 is 5.97 Å². The van der Waals surface area contributed by atoms with E-state index < -0.39 is 5.97 Å². The molecule has 0 aromatic heterocycles. The van der Waals surface area contributed by atoms with Gasteiger partial charge in [-0.1, -0.05) is 20.8 Å². The first-order chi connectivity index (χ1) is 6.40. The van der Waals surface area contributed by atoms with Crippen LogP contribution in [-0.4, -0.2) is 34.6 Å². The summed E-state index contributed by atoms with van der Waals surface area (Å²) in [6.45, 7) is 11.0. The number of carboxylic acids is 1. The quantitative estimate of drug-likeness (QED) is 0.716. The molecule has 0 fully saturated rings. The summed E-state index contributed by atoms with van der Waals surface area (Å²) in [6.07, 6.45) is 0.724. The molecule has 84 valence electrons. The molecule has 0 amide bonds. The molecule has 0 heterocycles. The Balaban J connectivity index is 4.52. The van der Waals surface area contributed by atoms with E-state index in [0.29, 0.717) is 12.0 Å². The largest absolute Gasteiger partial charge is 0.480 e. The van der Waals surface area contributed by atoms with Crippen molar-refractivity contribution in [1.29, 1.82) is 0 Å². The van der Waals surface area contributed by atoms with E-state index in [2.05, 4.69) is 13.8 Å². The molecule has 0 saturated heterocycles. The molecule has 0 saturated carbocycles. The summed E-state index contributed by atoms with van der Waals surface area (Å²) < 4.78 is 0. The van der Waals surface area contributed by atoms with Crippen LogP contribution in [0, 0.1) is 5.92 Å². The van der Waals surface area contributed by atoms with Gasteiger partial charge in [-0.05, 0) is 32.7 Å². The summed E-state index contributed by atoms with van der Waals surface area (Å²) in [5.41, 5.74) is 0. The Labute approximate surface area is 87.1 Å². The van der Waals surface area contributed by atoms with Crippen LogP contribution in [0.4, 0.5) is 0 Å². The third-order valence-electron chi connectivity index (χ3n) is 2.41. The molecule has 0 radical (unpaired) electrons. The van der Waals surface area contributed by atoms with E-state index in [9.17, 15) is 4.79 Å². The highest BCUT2D eigenvalue weighted by Gasteiger charge is 2.26. The molecule has 0 rings (SSSR count). The van der Waals surface area contributed by atoms with Crippen molar-refractivity contribution in [1.82, 2.24) is 4.90 Å². The fraction of sp³-hybridized carbons (Fsp3) is 0.909. The highest BCUT2D eigenvalue weighted by Crippen LogP contribution is 2.14. The second-order valence-electron chi connectivity index (χ2n) is 4.41. The lowest BCUT2D eigenvalue weighted by Gasteiger charge is -2.32. The molecule has 0 bridgehead atoms. The number of hydrogen-bond donors (Lipinski definition) is 1. The van der Waals surface area contributed by atoms with E-state index >= 15 is 0 Å². The average Bonchev–Trinajstić information content (AvgIpc) is 2.02. The van der Waals surface area contributed by atoms with E-state index in [1.54, 1.807) is 0 Å². The zero-order valence-electron chi connectivity index (χ0n) is 9.95. The monoisotopic (exact) mass is 201 g/mol. The molecular formula is C11H23NO2. The third kappa shape index (κ3) is 4.09. The minimum absolute atomic E-state index is 0.292. The van der Waals surface area contributed by atoms with Crippen LogP contribution < -0.4 is 0 Å². The molecule has 0 aromatic rings. The van der Waals surface area contributed by atoms with Gasteiger partial charge in [0, 0.05) is 6.04 Å². The smallest absolute Gasteiger partial charge is 0.320 e. The minimum atomic E-state index is -0.700. The predicted octanol–water partition coefficient (Wildman–Crippen LogP) is 2.22. The molecule has 14 heavy (non-hydrogen) atoms. The second-order valence-corrected chi connectivity index (χ2v) is 4.41. The summed E-state index contributed by atoms with van der Waals surface area (Å²) in [7, 11) is 0.